The lowest BCUT2D eigenvalue weighted by Crippen LogP contribution is -2.60. The van der Waals surface area contributed by atoms with Crippen molar-refractivity contribution in [3.63, 3.8) is 0 Å². The fourth-order valence-electron chi connectivity index (χ4n) is 3.80. The maximum atomic E-state index is 13.0. The minimum atomic E-state index is -1.67. The first-order valence-corrected chi connectivity index (χ1v) is 10.4. The molecule has 1 fully saturated rings. The Morgan fingerprint density at radius 2 is 1.69 bits per heavy atom. The van der Waals surface area contributed by atoms with Gasteiger partial charge in [-0.1, -0.05) is 0 Å². The molecule has 1 aromatic heterocycles. The second-order valence-corrected chi connectivity index (χ2v) is 7.81. The third-order valence-corrected chi connectivity index (χ3v) is 5.66. The third-order valence-electron chi connectivity index (χ3n) is 5.66. The van der Waals surface area contributed by atoms with Gasteiger partial charge in [-0.3, -0.25) is 4.79 Å². The molecule has 35 heavy (non-hydrogen) atoms. The van der Waals surface area contributed by atoms with E-state index in [0.29, 0.717) is 0 Å². The molecule has 3 aromatic rings. The van der Waals surface area contributed by atoms with Gasteiger partial charge in [0, 0.05) is 17.7 Å². The minimum Gasteiger partial charge on any atom is -0.507 e. The number of hydrogen-bond acceptors (Lipinski definition) is 12. The second kappa shape index (κ2) is 9.60. The molecule has 1 aliphatic heterocycles. The van der Waals surface area contributed by atoms with Crippen molar-refractivity contribution in [2.75, 3.05) is 20.8 Å². The molecule has 0 saturated carbocycles. The molecule has 0 amide bonds. The number of benzene rings is 2. The van der Waals surface area contributed by atoms with Crippen LogP contribution < -0.4 is 19.6 Å². The lowest BCUT2D eigenvalue weighted by atomic mass is 9.99. The van der Waals surface area contributed by atoms with Gasteiger partial charge in [0.25, 0.3) is 0 Å². The summed E-state index contributed by atoms with van der Waals surface area (Å²) in [5.41, 5.74) is -0.421. The van der Waals surface area contributed by atoms with E-state index in [0.717, 1.165) is 0 Å². The summed E-state index contributed by atoms with van der Waals surface area (Å²) >= 11 is 0. The largest absolute Gasteiger partial charge is 0.507 e. The summed E-state index contributed by atoms with van der Waals surface area (Å²) in [7, 11) is 2.63. The number of phenols is 2. The zero-order chi connectivity index (χ0) is 25.4. The first kappa shape index (κ1) is 24.6. The fraction of sp³-hybridized carbons (Fsp3) is 0.348. The molecule has 5 atom stereocenters. The van der Waals surface area contributed by atoms with E-state index in [9.17, 15) is 35.4 Å². The zero-order valence-corrected chi connectivity index (χ0v) is 18.6. The molecule has 188 valence electrons. The van der Waals surface area contributed by atoms with Crippen molar-refractivity contribution >= 4 is 11.0 Å². The zero-order valence-electron chi connectivity index (χ0n) is 18.6. The summed E-state index contributed by atoms with van der Waals surface area (Å²) in [5, 5.41) is 59.9. The van der Waals surface area contributed by atoms with Gasteiger partial charge < -0.3 is 54.0 Å². The molecule has 5 unspecified atom stereocenters. The van der Waals surface area contributed by atoms with Crippen molar-refractivity contribution in [1.82, 2.24) is 0 Å². The maximum absolute atomic E-state index is 13.0. The lowest BCUT2D eigenvalue weighted by molar-refractivity contribution is -0.277. The van der Waals surface area contributed by atoms with Crippen LogP contribution in [0.4, 0.5) is 0 Å². The summed E-state index contributed by atoms with van der Waals surface area (Å²) in [6.45, 7) is -0.642. The van der Waals surface area contributed by atoms with Crippen molar-refractivity contribution in [3.8, 4) is 40.1 Å². The average molecular weight is 492 g/mol. The topological polar surface area (TPSA) is 189 Å². The monoisotopic (exact) mass is 492 g/mol. The molecule has 4 rings (SSSR count). The summed E-state index contributed by atoms with van der Waals surface area (Å²) in [6.07, 6.45) is -7.59. The van der Waals surface area contributed by atoms with Crippen LogP contribution in [0.3, 0.4) is 0 Å². The number of hydrogen-bond donors (Lipinski definition) is 6. The number of rotatable bonds is 6. The van der Waals surface area contributed by atoms with E-state index in [2.05, 4.69) is 0 Å². The van der Waals surface area contributed by atoms with E-state index in [4.69, 9.17) is 23.4 Å². The first-order chi connectivity index (χ1) is 16.7. The molecule has 0 radical (unpaired) electrons. The van der Waals surface area contributed by atoms with Crippen molar-refractivity contribution in [2.45, 2.75) is 30.7 Å². The van der Waals surface area contributed by atoms with Crippen molar-refractivity contribution in [1.29, 1.82) is 0 Å². The van der Waals surface area contributed by atoms with E-state index in [-0.39, 0.29) is 45.3 Å². The van der Waals surface area contributed by atoms with Crippen LogP contribution in [-0.2, 0) is 4.74 Å². The normalized spacial score (nSPS) is 24.3. The standard InChI is InChI=1S/C23H24O12/c1-31-10-6-12(26)16-14(7-10)33-21(22(32-2)18(16)28)9-3-4-13(11(25)5-9)34-23-20(30)19(29)17(27)15(8-24)35-23/h3-7,15,17,19-20,23-27,29-30H,8H2,1-2H3. The SMILES string of the molecule is COc1cc(O)c2c(=O)c(OC)c(-c3ccc(OC4OC(CO)C(O)C(O)C4O)c(O)c3)oc2c1. The van der Waals surface area contributed by atoms with Crippen LogP contribution in [0.25, 0.3) is 22.3 Å². The Kier molecular flexibility index (Phi) is 6.74. The Balaban J connectivity index is 1.71. The van der Waals surface area contributed by atoms with Crippen LogP contribution in [0.15, 0.2) is 39.5 Å². The first-order valence-electron chi connectivity index (χ1n) is 10.4. The number of aliphatic hydroxyl groups excluding tert-OH is 4. The van der Waals surface area contributed by atoms with Crippen LogP contribution in [0.2, 0.25) is 0 Å². The molecule has 0 bridgehead atoms. The van der Waals surface area contributed by atoms with Crippen LogP contribution >= 0.6 is 0 Å². The second-order valence-electron chi connectivity index (χ2n) is 7.81. The predicted molar refractivity (Wildman–Crippen MR) is 119 cm³/mol. The van der Waals surface area contributed by atoms with Gasteiger partial charge in [-0.05, 0) is 18.2 Å². The molecule has 1 aliphatic rings. The summed E-state index contributed by atoms with van der Waals surface area (Å²) in [5.74, 6) is -0.992. The van der Waals surface area contributed by atoms with Gasteiger partial charge in [0.15, 0.2) is 17.3 Å². The van der Waals surface area contributed by atoms with Crippen LogP contribution in [0, 0.1) is 0 Å². The lowest BCUT2D eigenvalue weighted by Gasteiger charge is -2.39. The Labute approximate surface area is 197 Å². The number of ether oxygens (including phenoxy) is 4. The molecule has 0 spiro atoms. The average Bonchev–Trinajstić information content (AvgIpc) is 2.84. The maximum Gasteiger partial charge on any atom is 0.239 e. The number of phenolic OH excluding ortho intramolecular Hbond substituents is 2. The van der Waals surface area contributed by atoms with Crippen molar-refractivity contribution in [2.24, 2.45) is 0 Å². The smallest absolute Gasteiger partial charge is 0.239 e. The number of methoxy groups -OCH3 is 2. The predicted octanol–water partition coefficient (Wildman–Crippen LogP) is 0.0671. The summed E-state index contributed by atoms with van der Waals surface area (Å²) in [4.78, 5) is 13.0. The highest BCUT2D eigenvalue weighted by molar-refractivity contribution is 5.88. The number of aliphatic hydroxyl groups is 4. The highest BCUT2D eigenvalue weighted by Gasteiger charge is 2.45. The molecule has 2 heterocycles. The van der Waals surface area contributed by atoms with Crippen LogP contribution in [0.5, 0.6) is 28.7 Å². The Morgan fingerprint density at radius 3 is 2.31 bits per heavy atom. The van der Waals surface area contributed by atoms with Gasteiger partial charge in [0.1, 0.15) is 46.9 Å². The molecular weight excluding hydrogens is 468 g/mol. The van der Waals surface area contributed by atoms with Crippen molar-refractivity contribution in [3.05, 3.63) is 40.6 Å². The van der Waals surface area contributed by atoms with Gasteiger partial charge in [0.05, 0.1) is 20.8 Å². The Hall–Kier alpha value is -3.55. The molecule has 1 saturated heterocycles. The van der Waals surface area contributed by atoms with Crippen LogP contribution in [0.1, 0.15) is 0 Å². The van der Waals surface area contributed by atoms with E-state index in [1.165, 1.54) is 44.6 Å². The number of fused-ring (bicyclic) bond motifs is 1. The molecular formula is C23H24O12. The molecule has 12 nitrogen and oxygen atoms in total. The van der Waals surface area contributed by atoms with E-state index >= 15 is 0 Å². The number of aromatic hydroxyl groups is 2. The highest BCUT2D eigenvalue weighted by atomic mass is 16.7. The summed E-state index contributed by atoms with van der Waals surface area (Å²) in [6, 6.07) is 6.59. The summed E-state index contributed by atoms with van der Waals surface area (Å²) < 4.78 is 26.9. The molecule has 0 aliphatic carbocycles. The third kappa shape index (κ3) is 4.33. The van der Waals surface area contributed by atoms with Crippen molar-refractivity contribution < 1.29 is 54.0 Å². The van der Waals surface area contributed by atoms with Crippen LogP contribution in [-0.4, -0.2) is 82.2 Å². The van der Waals surface area contributed by atoms with E-state index in [1.54, 1.807) is 0 Å². The highest BCUT2D eigenvalue weighted by Crippen LogP contribution is 2.39. The van der Waals surface area contributed by atoms with Gasteiger partial charge >= 0.3 is 0 Å². The van der Waals surface area contributed by atoms with Gasteiger partial charge in [-0.15, -0.1) is 0 Å². The Morgan fingerprint density at radius 1 is 0.943 bits per heavy atom. The Bertz CT molecular complexity index is 1280. The van der Waals surface area contributed by atoms with Gasteiger partial charge in [-0.25, -0.2) is 0 Å². The quantitative estimate of drug-likeness (QED) is 0.272. The molecule has 6 N–H and O–H groups in total. The van der Waals surface area contributed by atoms with Gasteiger partial charge in [-0.2, -0.15) is 0 Å². The fourth-order valence-corrected chi connectivity index (χ4v) is 3.80. The van der Waals surface area contributed by atoms with Gasteiger partial charge in [0.2, 0.25) is 17.5 Å². The minimum absolute atomic E-state index is 0.0174. The molecule has 12 heteroatoms. The van der Waals surface area contributed by atoms with E-state index < -0.39 is 48.5 Å². The molecule has 2 aromatic carbocycles. The van der Waals surface area contributed by atoms with E-state index in [1.807, 2.05) is 0 Å².